The predicted octanol–water partition coefficient (Wildman–Crippen LogP) is -0.0509. The van der Waals surface area contributed by atoms with E-state index >= 15 is 0 Å². The molecule has 58 valence electrons. The number of nitrogens with zero attached hydrogens (tertiary/aromatic N) is 1. The molecule has 0 aliphatic rings. The first-order valence-electron chi connectivity index (χ1n) is 2.81. The zero-order valence-electron chi connectivity index (χ0n) is 5.45. The van der Waals surface area contributed by atoms with Gasteiger partial charge in [0.15, 0.2) is 0 Å². The van der Waals surface area contributed by atoms with Crippen molar-refractivity contribution in [1.29, 1.82) is 0 Å². The minimum absolute atomic E-state index is 0.0147. The van der Waals surface area contributed by atoms with E-state index in [9.17, 15) is 9.59 Å². The Balaban J connectivity index is 3.39. The molecule has 0 fully saturated rings. The molecule has 1 aromatic heterocycles. The summed E-state index contributed by atoms with van der Waals surface area (Å²) in [6, 6.07) is 4.03. The summed E-state index contributed by atoms with van der Waals surface area (Å²) in [5.41, 5.74) is 4.42. The van der Waals surface area contributed by atoms with Gasteiger partial charge in [0.05, 0.1) is 0 Å². The zero-order chi connectivity index (χ0) is 8.43. The normalized spacial score (nSPS) is 9.55. The van der Waals surface area contributed by atoms with E-state index in [0.717, 1.165) is 0 Å². The molecule has 0 saturated heterocycles. The van der Waals surface area contributed by atoms with E-state index in [1.807, 2.05) is 0 Å². The van der Waals surface area contributed by atoms with E-state index in [2.05, 4.69) is 0 Å². The molecular weight excluding hydrogens is 168 g/mol. The fourth-order valence-electron chi connectivity index (χ4n) is 0.650. The van der Waals surface area contributed by atoms with E-state index in [0.29, 0.717) is 4.09 Å². The van der Waals surface area contributed by atoms with Crippen molar-refractivity contribution in [3.8, 4) is 0 Å². The van der Waals surface area contributed by atoms with E-state index in [1.165, 1.54) is 18.2 Å². The Kier molecular flexibility index (Phi) is 1.96. The number of hydrogen-bond donors (Lipinski definition) is 1. The van der Waals surface area contributed by atoms with E-state index in [4.69, 9.17) is 17.5 Å². The van der Waals surface area contributed by atoms with Crippen molar-refractivity contribution >= 4 is 17.7 Å². The number of amides is 1. The molecule has 0 spiro atoms. The summed E-state index contributed by atoms with van der Waals surface area (Å²) >= 11 is 5.39. The second kappa shape index (κ2) is 2.75. The molecule has 4 nitrogen and oxygen atoms in total. The fraction of sp³-hybridized carbons (Fsp3) is 0. The topological polar surface area (TPSA) is 65.1 Å². The highest BCUT2D eigenvalue weighted by atomic mass is 35.5. The van der Waals surface area contributed by atoms with Gasteiger partial charge in [-0.2, -0.15) is 0 Å². The highest BCUT2D eigenvalue weighted by Crippen LogP contribution is 1.95. The summed E-state index contributed by atoms with van der Waals surface area (Å²) in [5.74, 6) is -0.724. The van der Waals surface area contributed by atoms with Gasteiger partial charge in [-0.3, -0.25) is 9.59 Å². The van der Waals surface area contributed by atoms with Crippen molar-refractivity contribution in [1.82, 2.24) is 4.09 Å². The average molecular weight is 173 g/mol. The number of hydrogen-bond acceptors (Lipinski definition) is 2. The number of primary amides is 1. The Morgan fingerprint density at radius 3 is 2.64 bits per heavy atom. The Hall–Kier alpha value is -1.29. The molecule has 2 N–H and O–H groups in total. The van der Waals surface area contributed by atoms with Crippen LogP contribution in [-0.4, -0.2) is 9.99 Å². The Morgan fingerprint density at radius 1 is 1.55 bits per heavy atom. The summed E-state index contributed by atoms with van der Waals surface area (Å²) < 4.78 is 0.683. The van der Waals surface area contributed by atoms with Crippen LogP contribution in [0.1, 0.15) is 10.5 Å². The number of pyridine rings is 1. The van der Waals surface area contributed by atoms with Crippen LogP contribution in [0.25, 0.3) is 0 Å². The fourth-order valence-corrected chi connectivity index (χ4v) is 0.846. The lowest BCUT2D eigenvalue weighted by Gasteiger charge is -1.98. The number of carbonyl (C=O) groups is 1. The first-order chi connectivity index (χ1) is 5.13. The molecule has 0 radical (unpaired) electrons. The smallest absolute Gasteiger partial charge is 0.266 e. The first kappa shape index (κ1) is 7.81. The molecule has 1 rings (SSSR count). The Bertz CT molecular complexity index is 345. The van der Waals surface area contributed by atoms with E-state index in [-0.39, 0.29) is 5.69 Å². The molecule has 5 heteroatoms. The molecule has 1 amide bonds. The molecule has 11 heavy (non-hydrogen) atoms. The lowest BCUT2D eigenvalue weighted by atomic mass is 10.3. The largest absolute Gasteiger partial charge is 0.364 e. The van der Waals surface area contributed by atoms with Crippen LogP contribution in [0, 0.1) is 0 Å². The summed E-state index contributed by atoms with van der Waals surface area (Å²) in [4.78, 5) is 21.3. The SMILES string of the molecule is NC(=O)c1cccc(=O)n1Cl. The number of rotatable bonds is 1. The number of nitrogens with two attached hydrogens (primary N) is 1. The highest BCUT2D eigenvalue weighted by Gasteiger charge is 2.05. The molecule has 1 aromatic rings. The van der Waals surface area contributed by atoms with Crippen molar-refractivity contribution in [2.75, 3.05) is 0 Å². The predicted molar refractivity (Wildman–Crippen MR) is 40.5 cm³/mol. The second-order valence-corrected chi connectivity index (χ2v) is 2.23. The Labute approximate surface area is 67.3 Å². The molecule has 0 aliphatic heterocycles. The van der Waals surface area contributed by atoms with Gasteiger partial charge in [-0.05, 0) is 6.07 Å². The molecule has 0 unspecified atom stereocenters. The van der Waals surface area contributed by atoms with Crippen molar-refractivity contribution in [2.24, 2.45) is 5.73 Å². The van der Waals surface area contributed by atoms with Crippen LogP contribution in [-0.2, 0) is 0 Å². The van der Waals surface area contributed by atoms with Crippen LogP contribution in [0.4, 0.5) is 0 Å². The van der Waals surface area contributed by atoms with Crippen LogP contribution in [0.2, 0.25) is 0 Å². The van der Waals surface area contributed by atoms with Gasteiger partial charge >= 0.3 is 0 Å². The lowest BCUT2D eigenvalue weighted by molar-refractivity contribution is 0.0994. The standard InChI is InChI=1S/C6H5ClN2O2/c7-9-4(6(8)11)2-1-3-5(9)10/h1-3H,(H2,8,11). The van der Waals surface area contributed by atoms with Gasteiger partial charge in [-0.1, -0.05) is 6.07 Å². The third kappa shape index (κ3) is 1.40. The van der Waals surface area contributed by atoms with Crippen molar-refractivity contribution in [2.45, 2.75) is 0 Å². The molecular formula is C6H5ClN2O2. The van der Waals surface area contributed by atoms with Gasteiger partial charge in [0.25, 0.3) is 11.5 Å². The van der Waals surface area contributed by atoms with E-state index in [1.54, 1.807) is 0 Å². The molecule has 1 heterocycles. The number of carbonyl (C=O) groups excluding carboxylic acids is 1. The van der Waals surface area contributed by atoms with Gasteiger partial charge in [0.2, 0.25) is 0 Å². The van der Waals surface area contributed by atoms with Gasteiger partial charge in [0, 0.05) is 17.8 Å². The van der Waals surface area contributed by atoms with Gasteiger partial charge in [0.1, 0.15) is 5.69 Å². The quantitative estimate of drug-likeness (QED) is 0.646. The van der Waals surface area contributed by atoms with Crippen molar-refractivity contribution in [3.05, 3.63) is 34.2 Å². The van der Waals surface area contributed by atoms with Gasteiger partial charge in [-0.25, -0.2) is 4.09 Å². The Morgan fingerprint density at radius 2 is 2.18 bits per heavy atom. The third-order valence-corrected chi connectivity index (χ3v) is 1.50. The molecule has 0 atom stereocenters. The average Bonchev–Trinajstić information content (AvgIpc) is 1.94. The second-order valence-electron chi connectivity index (χ2n) is 1.89. The lowest BCUT2D eigenvalue weighted by Crippen LogP contribution is -2.22. The zero-order valence-corrected chi connectivity index (χ0v) is 6.21. The van der Waals surface area contributed by atoms with Crippen LogP contribution >= 0.6 is 11.8 Å². The molecule has 0 aromatic carbocycles. The van der Waals surface area contributed by atoms with Gasteiger partial charge < -0.3 is 5.73 Å². The van der Waals surface area contributed by atoms with Crippen molar-refractivity contribution in [3.63, 3.8) is 0 Å². The summed E-state index contributed by atoms with van der Waals surface area (Å²) in [5, 5.41) is 0. The van der Waals surface area contributed by atoms with Crippen LogP contribution < -0.4 is 11.3 Å². The summed E-state index contributed by atoms with van der Waals surface area (Å²) in [6.07, 6.45) is 0. The third-order valence-electron chi connectivity index (χ3n) is 1.15. The molecule has 0 aliphatic carbocycles. The maximum Gasteiger partial charge on any atom is 0.266 e. The van der Waals surface area contributed by atoms with Crippen molar-refractivity contribution < 1.29 is 4.79 Å². The number of halogens is 1. The minimum Gasteiger partial charge on any atom is -0.364 e. The summed E-state index contributed by atoms with van der Waals surface area (Å²) in [6.45, 7) is 0. The highest BCUT2D eigenvalue weighted by molar-refractivity contribution is 6.17. The molecule has 0 saturated carbocycles. The van der Waals surface area contributed by atoms with Gasteiger partial charge in [-0.15, -0.1) is 0 Å². The molecule has 0 bridgehead atoms. The first-order valence-corrected chi connectivity index (χ1v) is 3.15. The maximum atomic E-state index is 10.8. The summed E-state index contributed by atoms with van der Waals surface area (Å²) in [7, 11) is 0. The minimum atomic E-state index is -0.724. The monoisotopic (exact) mass is 172 g/mol. The van der Waals surface area contributed by atoms with Crippen LogP contribution in [0.5, 0.6) is 0 Å². The van der Waals surface area contributed by atoms with E-state index < -0.39 is 11.5 Å². The van der Waals surface area contributed by atoms with Crippen LogP contribution in [0.3, 0.4) is 0 Å². The number of aromatic nitrogens is 1. The maximum absolute atomic E-state index is 10.8. The van der Waals surface area contributed by atoms with Crippen LogP contribution in [0.15, 0.2) is 23.0 Å².